The van der Waals surface area contributed by atoms with Crippen LogP contribution in [0.4, 0.5) is 17.6 Å². The fraction of sp³-hybridized carbons (Fsp3) is 0.133. The first-order chi connectivity index (χ1) is 11.2. The van der Waals surface area contributed by atoms with E-state index in [1.807, 2.05) is 0 Å². The first kappa shape index (κ1) is 16.4. The van der Waals surface area contributed by atoms with E-state index in [1.54, 1.807) is 0 Å². The van der Waals surface area contributed by atoms with E-state index in [0.29, 0.717) is 12.3 Å². The van der Waals surface area contributed by atoms with Gasteiger partial charge in [0.05, 0.1) is 10.6 Å². The molecule has 0 atom stereocenters. The van der Waals surface area contributed by atoms with Crippen LogP contribution in [0.5, 0.6) is 0 Å². The van der Waals surface area contributed by atoms with Crippen LogP contribution in [0.2, 0.25) is 5.02 Å². The summed E-state index contributed by atoms with van der Waals surface area (Å²) in [7, 11) is 0. The van der Waals surface area contributed by atoms with E-state index in [9.17, 15) is 22.4 Å². The number of aromatic nitrogens is 3. The SMILES string of the molecule is CC(=O)c1nn(-c2ncc(C(F)(F)F)cc2Cl)c2c(F)cccc12. The van der Waals surface area contributed by atoms with Crippen molar-refractivity contribution in [2.24, 2.45) is 0 Å². The van der Waals surface area contributed by atoms with Crippen LogP contribution >= 0.6 is 11.6 Å². The van der Waals surface area contributed by atoms with Gasteiger partial charge in [-0.1, -0.05) is 23.7 Å². The molecule has 3 aromatic rings. The fourth-order valence-corrected chi connectivity index (χ4v) is 2.53. The maximum absolute atomic E-state index is 14.2. The van der Waals surface area contributed by atoms with E-state index >= 15 is 0 Å². The van der Waals surface area contributed by atoms with Gasteiger partial charge < -0.3 is 0 Å². The standard InChI is InChI=1S/C15H8ClF4N3O/c1-7(24)12-9-3-2-4-11(17)13(9)23(22-12)14-10(16)5-8(6-21-14)15(18,19)20/h2-6H,1H3. The molecule has 3 rings (SSSR count). The van der Waals surface area contributed by atoms with Gasteiger partial charge in [-0.3, -0.25) is 4.79 Å². The Kier molecular flexibility index (Phi) is 3.79. The summed E-state index contributed by atoms with van der Waals surface area (Å²) in [5.41, 5.74) is -1.15. The molecule has 4 nitrogen and oxygen atoms in total. The molecule has 2 aromatic heterocycles. The molecule has 0 aliphatic carbocycles. The van der Waals surface area contributed by atoms with Crippen molar-refractivity contribution in [3.63, 3.8) is 0 Å². The van der Waals surface area contributed by atoms with E-state index in [1.165, 1.54) is 19.1 Å². The van der Waals surface area contributed by atoms with Crippen molar-refractivity contribution in [3.8, 4) is 5.82 Å². The zero-order chi connectivity index (χ0) is 17.6. The number of carbonyl (C=O) groups is 1. The number of rotatable bonds is 2. The molecular formula is C15H8ClF4N3O. The highest BCUT2D eigenvalue weighted by atomic mass is 35.5. The van der Waals surface area contributed by atoms with Gasteiger partial charge in [-0.15, -0.1) is 0 Å². The molecule has 0 aliphatic heterocycles. The highest BCUT2D eigenvalue weighted by molar-refractivity contribution is 6.32. The molecule has 0 N–H and O–H groups in total. The molecular weight excluding hydrogens is 350 g/mol. The monoisotopic (exact) mass is 357 g/mol. The van der Waals surface area contributed by atoms with Crippen molar-refractivity contribution in [1.29, 1.82) is 0 Å². The number of ketones is 1. The lowest BCUT2D eigenvalue weighted by Gasteiger charge is -2.09. The first-order valence-electron chi connectivity index (χ1n) is 6.61. The minimum absolute atomic E-state index is 0.0257. The largest absolute Gasteiger partial charge is 0.417 e. The zero-order valence-corrected chi connectivity index (χ0v) is 12.8. The van der Waals surface area contributed by atoms with Crippen LogP contribution in [0.15, 0.2) is 30.5 Å². The van der Waals surface area contributed by atoms with Gasteiger partial charge in [0, 0.05) is 18.5 Å². The predicted octanol–water partition coefficient (Wildman–Crippen LogP) is 4.43. The van der Waals surface area contributed by atoms with Crippen LogP contribution in [0.3, 0.4) is 0 Å². The van der Waals surface area contributed by atoms with Crippen molar-refractivity contribution < 1.29 is 22.4 Å². The number of Topliss-reactive ketones (excluding diaryl/α,β-unsaturated/α-hetero) is 1. The Bertz CT molecular complexity index is 965. The van der Waals surface area contributed by atoms with Gasteiger partial charge in [0.1, 0.15) is 17.0 Å². The van der Waals surface area contributed by atoms with Crippen LogP contribution < -0.4 is 0 Å². The second-order valence-corrected chi connectivity index (χ2v) is 5.39. The van der Waals surface area contributed by atoms with E-state index < -0.39 is 23.3 Å². The van der Waals surface area contributed by atoms with Crippen molar-refractivity contribution in [3.05, 3.63) is 52.6 Å². The summed E-state index contributed by atoms with van der Waals surface area (Å²) in [6.45, 7) is 1.25. The van der Waals surface area contributed by atoms with E-state index in [2.05, 4.69) is 10.1 Å². The molecule has 0 unspecified atom stereocenters. The minimum atomic E-state index is -4.61. The van der Waals surface area contributed by atoms with Crippen molar-refractivity contribution in [2.75, 3.05) is 0 Å². The predicted molar refractivity (Wildman–Crippen MR) is 78.8 cm³/mol. The summed E-state index contributed by atoms with van der Waals surface area (Å²) < 4.78 is 53.2. The Labute approximate surface area is 137 Å². The summed E-state index contributed by atoms with van der Waals surface area (Å²) in [5.74, 6) is -1.33. The van der Waals surface area contributed by atoms with Crippen molar-refractivity contribution >= 4 is 28.3 Å². The molecule has 0 saturated carbocycles. The van der Waals surface area contributed by atoms with Gasteiger partial charge in [0.2, 0.25) is 0 Å². The number of halogens is 5. The molecule has 0 saturated heterocycles. The average Bonchev–Trinajstić information content (AvgIpc) is 2.87. The Morgan fingerprint density at radius 2 is 2.00 bits per heavy atom. The van der Waals surface area contributed by atoms with Crippen LogP contribution in [-0.2, 0) is 6.18 Å². The summed E-state index contributed by atoms with van der Waals surface area (Å²) in [6.07, 6.45) is -4.04. The quantitative estimate of drug-likeness (QED) is 0.503. The Hall–Kier alpha value is -2.48. The molecule has 124 valence electrons. The number of para-hydroxylation sites is 1. The van der Waals surface area contributed by atoms with Crippen LogP contribution in [0.1, 0.15) is 23.0 Å². The van der Waals surface area contributed by atoms with Gasteiger partial charge in [-0.2, -0.15) is 18.3 Å². The maximum Gasteiger partial charge on any atom is 0.417 e. The number of alkyl halides is 3. The third kappa shape index (κ3) is 2.62. The Morgan fingerprint density at radius 3 is 2.58 bits per heavy atom. The molecule has 0 bridgehead atoms. The topological polar surface area (TPSA) is 47.8 Å². The number of hydrogen-bond donors (Lipinski definition) is 0. The first-order valence-corrected chi connectivity index (χ1v) is 6.99. The molecule has 2 heterocycles. The van der Waals surface area contributed by atoms with Crippen LogP contribution in [0, 0.1) is 5.82 Å². The number of pyridine rings is 1. The zero-order valence-electron chi connectivity index (χ0n) is 12.0. The number of hydrogen-bond acceptors (Lipinski definition) is 3. The molecule has 0 amide bonds. The third-order valence-corrected chi connectivity index (χ3v) is 3.62. The molecule has 0 fully saturated rings. The lowest BCUT2D eigenvalue weighted by molar-refractivity contribution is -0.137. The molecule has 1 aromatic carbocycles. The molecule has 0 aliphatic rings. The lowest BCUT2D eigenvalue weighted by Crippen LogP contribution is -2.09. The van der Waals surface area contributed by atoms with Crippen LogP contribution in [-0.4, -0.2) is 20.5 Å². The molecule has 9 heteroatoms. The molecule has 24 heavy (non-hydrogen) atoms. The summed E-state index contributed by atoms with van der Waals surface area (Å²) in [5, 5.41) is 3.83. The minimum Gasteiger partial charge on any atom is -0.293 e. The second-order valence-electron chi connectivity index (χ2n) is 4.98. The van der Waals surface area contributed by atoms with Gasteiger partial charge in [-0.25, -0.2) is 14.1 Å². The number of fused-ring (bicyclic) bond motifs is 1. The van der Waals surface area contributed by atoms with E-state index in [0.717, 1.165) is 10.7 Å². The normalized spacial score (nSPS) is 11.9. The van der Waals surface area contributed by atoms with Gasteiger partial charge >= 0.3 is 6.18 Å². The summed E-state index contributed by atoms with van der Waals surface area (Å²) >= 11 is 5.88. The summed E-state index contributed by atoms with van der Waals surface area (Å²) in [6, 6.07) is 4.70. The van der Waals surface area contributed by atoms with Crippen molar-refractivity contribution in [1.82, 2.24) is 14.8 Å². The van der Waals surface area contributed by atoms with Crippen LogP contribution in [0.25, 0.3) is 16.7 Å². The smallest absolute Gasteiger partial charge is 0.293 e. The second kappa shape index (κ2) is 5.55. The fourth-order valence-electron chi connectivity index (χ4n) is 2.28. The molecule has 0 radical (unpaired) electrons. The van der Waals surface area contributed by atoms with Gasteiger partial charge in [0.15, 0.2) is 11.6 Å². The average molecular weight is 358 g/mol. The maximum atomic E-state index is 14.2. The van der Waals surface area contributed by atoms with E-state index in [4.69, 9.17) is 11.6 Å². The Balaban J connectivity index is 2.29. The number of carbonyl (C=O) groups excluding carboxylic acids is 1. The van der Waals surface area contributed by atoms with Gasteiger partial charge in [0.25, 0.3) is 0 Å². The van der Waals surface area contributed by atoms with Gasteiger partial charge in [-0.05, 0) is 12.1 Å². The molecule has 0 spiro atoms. The highest BCUT2D eigenvalue weighted by Crippen LogP contribution is 2.33. The number of benzene rings is 1. The van der Waals surface area contributed by atoms with E-state index in [-0.39, 0.29) is 27.4 Å². The number of nitrogens with zero attached hydrogens (tertiary/aromatic N) is 3. The lowest BCUT2D eigenvalue weighted by atomic mass is 10.1. The third-order valence-electron chi connectivity index (χ3n) is 3.34. The summed E-state index contributed by atoms with van der Waals surface area (Å²) in [4.78, 5) is 15.3. The highest BCUT2D eigenvalue weighted by Gasteiger charge is 2.32. The Morgan fingerprint density at radius 1 is 1.29 bits per heavy atom. The van der Waals surface area contributed by atoms with Crippen molar-refractivity contribution in [2.45, 2.75) is 13.1 Å².